The van der Waals surface area contributed by atoms with Crippen LogP contribution in [0.3, 0.4) is 0 Å². The van der Waals surface area contributed by atoms with E-state index in [2.05, 4.69) is 70.5 Å². The summed E-state index contributed by atoms with van der Waals surface area (Å²) in [6.07, 6.45) is 0. The molecule has 2 nitrogen and oxygen atoms in total. The normalized spacial score (nSPS) is 10.9. The van der Waals surface area contributed by atoms with Crippen LogP contribution < -0.4 is 0 Å². The van der Waals surface area contributed by atoms with E-state index >= 15 is 0 Å². The first-order chi connectivity index (χ1) is 14.3. The van der Waals surface area contributed by atoms with E-state index in [1.807, 2.05) is 48.5 Å². The second kappa shape index (κ2) is 7.61. The Kier molecular flexibility index (Phi) is 4.66. The number of hydrogen-bond acceptors (Lipinski definition) is 2. The highest BCUT2D eigenvalue weighted by atomic mass is 79.9. The van der Waals surface area contributed by atoms with E-state index < -0.39 is 0 Å². The predicted molar refractivity (Wildman–Crippen MR) is 124 cm³/mol. The maximum Gasteiger partial charge on any atom is 0.160 e. The molecule has 1 heterocycles. The van der Waals surface area contributed by atoms with Gasteiger partial charge in [-0.05, 0) is 35.4 Å². The van der Waals surface area contributed by atoms with Gasteiger partial charge in [0.1, 0.15) is 0 Å². The largest absolute Gasteiger partial charge is 0.228 e. The number of nitrogens with zero attached hydrogens (tertiary/aromatic N) is 2. The second-order valence-corrected chi connectivity index (χ2v) is 7.79. The van der Waals surface area contributed by atoms with Crippen LogP contribution in [0.5, 0.6) is 0 Å². The Morgan fingerprint density at radius 2 is 1.17 bits per heavy atom. The number of rotatable bonds is 3. The van der Waals surface area contributed by atoms with Gasteiger partial charge in [0.15, 0.2) is 5.82 Å². The van der Waals surface area contributed by atoms with Gasteiger partial charge in [-0.3, -0.25) is 0 Å². The van der Waals surface area contributed by atoms with Crippen LogP contribution in [0.1, 0.15) is 0 Å². The predicted octanol–water partition coefficient (Wildman–Crippen LogP) is 7.39. The van der Waals surface area contributed by atoms with Gasteiger partial charge in [0, 0.05) is 21.0 Å². The van der Waals surface area contributed by atoms with E-state index in [4.69, 9.17) is 9.97 Å². The quantitative estimate of drug-likeness (QED) is 0.294. The zero-order valence-corrected chi connectivity index (χ0v) is 17.2. The third-order valence-corrected chi connectivity index (χ3v) is 5.42. The van der Waals surface area contributed by atoms with Crippen LogP contribution in [0.4, 0.5) is 0 Å². The fourth-order valence-corrected chi connectivity index (χ4v) is 3.93. The van der Waals surface area contributed by atoms with Crippen LogP contribution in [0, 0.1) is 0 Å². The van der Waals surface area contributed by atoms with Crippen molar-refractivity contribution in [3.63, 3.8) is 0 Å². The molecule has 0 fully saturated rings. The molecule has 5 aromatic rings. The summed E-state index contributed by atoms with van der Waals surface area (Å²) in [6, 6.07) is 35.2. The highest BCUT2D eigenvalue weighted by Crippen LogP contribution is 2.31. The number of hydrogen-bond donors (Lipinski definition) is 0. The molecule has 4 aromatic carbocycles. The molecule has 0 radical (unpaired) electrons. The lowest BCUT2D eigenvalue weighted by molar-refractivity contribution is 1.23. The number of benzene rings is 4. The Hall–Kier alpha value is -3.30. The van der Waals surface area contributed by atoms with Crippen LogP contribution in [-0.4, -0.2) is 9.97 Å². The van der Waals surface area contributed by atoms with Gasteiger partial charge < -0.3 is 0 Å². The molecule has 0 atom stereocenters. The van der Waals surface area contributed by atoms with Crippen molar-refractivity contribution in [1.29, 1.82) is 0 Å². The molecule has 3 heteroatoms. The van der Waals surface area contributed by atoms with Gasteiger partial charge in [-0.1, -0.05) is 94.8 Å². The van der Waals surface area contributed by atoms with Gasteiger partial charge in [0.05, 0.1) is 11.2 Å². The topological polar surface area (TPSA) is 25.8 Å². The van der Waals surface area contributed by atoms with Crippen LogP contribution in [-0.2, 0) is 0 Å². The van der Waals surface area contributed by atoms with Crippen LogP contribution in [0.15, 0.2) is 108 Å². The summed E-state index contributed by atoms with van der Waals surface area (Å²) in [5, 5.41) is 1.06. The molecule has 0 bridgehead atoms. The number of aromatic nitrogens is 2. The lowest BCUT2D eigenvalue weighted by Gasteiger charge is -2.10. The zero-order chi connectivity index (χ0) is 19.6. The molecule has 0 spiro atoms. The molecule has 0 N–H and O–H groups in total. The van der Waals surface area contributed by atoms with E-state index in [-0.39, 0.29) is 0 Å². The molecule has 1 aromatic heterocycles. The van der Waals surface area contributed by atoms with Gasteiger partial charge >= 0.3 is 0 Å². The third kappa shape index (κ3) is 3.57. The summed E-state index contributed by atoms with van der Waals surface area (Å²) in [5.74, 6) is 0.736. The molecule has 0 aliphatic heterocycles. The Morgan fingerprint density at radius 3 is 2.00 bits per heavy atom. The average molecular weight is 437 g/mol. The fourth-order valence-electron chi connectivity index (χ4n) is 3.53. The lowest BCUT2D eigenvalue weighted by atomic mass is 10.0. The lowest BCUT2D eigenvalue weighted by Crippen LogP contribution is -1.95. The maximum absolute atomic E-state index is 4.97. The minimum Gasteiger partial charge on any atom is -0.228 e. The molecule has 0 saturated heterocycles. The zero-order valence-electron chi connectivity index (χ0n) is 15.6. The summed E-state index contributed by atoms with van der Waals surface area (Å²) in [6.45, 7) is 0. The van der Waals surface area contributed by atoms with Crippen LogP contribution in [0.2, 0.25) is 0 Å². The minimum absolute atomic E-state index is 0.736. The fraction of sp³-hybridized carbons (Fsp3) is 0. The smallest absolute Gasteiger partial charge is 0.160 e. The van der Waals surface area contributed by atoms with E-state index in [0.717, 1.165) is 49.1 Å². The first kappa shape index (κ1) is 17.8. The van der Waals surface area contributed by atoms with Crippen molar-refractivity contribution < 1.29 is 0 Å². The Morgan fingerprint density at radius 1 is 0.517 bits per heavy atom. The Labute approximate surface area is 178 Å². The molecule has 0 aliphatic carbocycles. The van der Waals surface area contributed by atoms with Crippen LogP contribution in [0.25, 0.3) is 44.7 Å². The second-order valence-electron chi connectivity index (χ2n) is 6.87. The van der Waals surface area contributed by atoms with Gasteiger partial charge in [-0.15, -0.1) is 0 Å². The summed E-state index contributed by atoms with van der Waals surface area (Å²) >= 11 is 3.56. The molecule has 29 heavy (non-hydrogen) atoms. The first-order valence-corrected chi connectivity index (χ1v) is 10.3. The van der Waals surface area contributed by atoms with Crippen molar-refractivity contribution in [2.45, 2.75) is 0 Å². The van der Waals surface area contributed by atoms with Gasteiger partial charge in [-0.2, -0.15) is 0 Å². The Balaban J connectivity index is 1.69. The van der Waals surface area contributed by atoms with Gasteiger partial charge in [-0.25, -0.2) is 9.97 Å². The van der Waals surface area contributed by atoms with E-state index in [1.165, 1.54) is 0 Å². The number of para-hydroxylation sites is 1. The molecule has 138 valence electrons. The molecule has 0 saturated carbocycles. The van der Waals surface area contributed by atoms with E-state index in [1.54, 1.807) is 0 Å². The SMILES string of the molecule is Brc1cccc(-c2cccc(-c3nc(-c4ccccc4)c4ccccc4n3)c2)c1. The van der Waals surface area contributed by atoms with Crippen molar-refractivity contribution in [3.8, 4) is 33.8 Å². The summed E-state index contributed by atoms with van der Waals surface area (Å²) in [4.78, 5) is 9.84. The van der Waals surface area contributed by atoms with Crippen LogP contribution >= 0.6 is 15.9 Å². The Bertz CT molecular complexity index is 1310. The number of fused-ring (bicyclic) bond motifs is 1. The van der Waals surface area contributed by atoms with Gasteiger partial charge in [0.25, 0.3) is 0 Å². The number of halogens is 1. The summed E-state index contributed by atoms with van der Waals surface area (Å²) < 4.78 is 1.06. The van der Waals surface area contributed by atoms with Crippen molar-refractivity contribution in [2.75, 3.05) is 0 Å². The molecular formula is C26H17BrN2. The third-order valence-electron chi connectivity index (χ3n) is 4.93. The maximum atomic E-state index is 4.97. The van der Waals surface area contributed by atoms with Crippen molar-refractivity contribution in [1.82, 2.24) is 9.97 Å². The standard InChI is InChI=1S/C26H17BrN2/c27-22-13-7-11-20(17-22)19-10-6-12-21(16-19)26-28-24-15-5-4-14-23(24)25(29-26)18-8-2-1-3-9-18/h1-17H. The monoisotopic (exact) mass is 436 g/mol. The van der Waals surface area contributed by atoms with E-state index in [0.29, 0.717) is 0 Å². The summed E-state index contributed by atoms with van der Waals surface area (Å²) in [7, 11) is 0. The summed E-state index contributed by atoms with van der Waals surface area (Å²) in [5.41, 5.74) is 6.30. The average Bonchev–Trinajstić information content (AvgIpc) is 2.79. The minimum atomic E-state index is 0.736. The molecule has 5 rings (SSSR count). The molecule has 0 aliphatic rings. The highest BCUT2D eigenvalue weighted by molar-refractivity contribution is 9.10. The molecule has 0 amide bonds. The van der Waals surface area contributed by atoms with Gasteiger partial charge in [0.2, 0.25) is 0 Å². The molecule has 0 unspecified atom stereocenters. The van der Waals surface area contributed by atoms with Crippen molar-refractivity contribution in [3.05, 3.63) is 108 Å². The van der Waals surface area contributed by atoms with Crippen molar-refractivity contribution in [2.24, 2.45) is 0 Å². The molecular weight excluding hydrogens is 420 g/mol. The van der Waals surface area contributed by atoms with E-state index in [9.17, 15) is 0 Å². The highest BCUT2D eigenvalue weighted by Gasteiger charge is 2.11. The van der Waals surface area contributed by atoms with Crippen molar-refractivity contribution >= 4 is 26.8 Å². The first-order valence-electron chi connectivity index (χ1n) is 9.46.